The first-order valence-electron chi connectivity index (χ1n) is 12.3. The quantitative estimate of drug-likeness (QED) is 0.510. The fraction of sp³-hybridized carbons (Fsp3) is 0.600. The Balaban J connectivity index is 1.52. The van der Waals surface area contributed by atoms with Crippen LogP contribution in [0, 0.1) is 23.2 Å². The van der Waals surface area contributed by atoms with Crippen LogP contribution in [0.15, 0.2) is 24.3 Å². The number of alkyl halides is 2. The Labute approximate surface area is 213 Å². The summed E-state index contributed by atoms with van der Waals surface area (Å²) < 4.78 is 29.8. The summed E-state index contributed by atoms with van der Waals surface area (Å²) in [7, 11) is 0. The number of rotatable bonds is 7. The van der Waals surface area contributed by atoms with E-state index in [9.17, 15) is 28.4 Å². The maximum atomic E-state index is 14.9. The Kier molecular flexibility index (Phi) is 7.69. The van der Waals surface area contributed by atoms with Gasteiger partial charge in [0.05, 0.1) is 12.0 Å². The number of anilines is 1. The fourth-order valence-corrected chi connectivity index (χ4v) is 5.87. The van der Waals surface area contributed by atoms with Gasteiger partial charge in [-0.25, -0.2) is 8.78 Å². The smallest absolute Gasteiger partial charge is 0.255 e. The van der Waals surface area contributed by atoms with Gasteiger partial charge in [0.15, 0.2) is 0 Å². The predicted molar refractivity (Wildman–Crippen MR) is 129 cm³/mol. The summed E-state index contributed by atoms with van der Waals surface area (Å²) in [6, 6.07) is 4.74. The number of carbonyl (C=O) groups excluding carboxylic acids is 3. The number of benzene rings is 1. The van der Waals surface area contributed by atoms with Gasteiger partial charge >= 0.3 is 0 Å². The van der Waals surface area contributed by atoms with Gasteiger partial charge in [-0.2, -0.15) is 5.26 Å². The molecule has 1 aromatic rings. The Morgan fingerprint density at radius 2 is 2.11 bits per heavy atom. The predicted octanol–water partition coefficient (Wildman–Crippen LogP) is 3.08. The number of nitriles is 1. The van der Waals surface area contributed by atoms with Gasteiger partial charge in [0.2, 0.25) is 17.7 Å². The topological polar surface area (TPSA) is 114 Å². The molecule has 5 rings (SSSR count). The normalized spacial score (nSPS) is 28.4. The van der Waals surface area contributed by atoms with Crippen molar-refractivity contribution in [3.05, 3.63) is 29.3 Å². The number of carbonyl (C=O) groups is 3. The second-order valence-corrected chi connectivity index (χ2v) is 10.4. The maximum Gasteiger partial charge on any atom is 0.255 e. The van der Waals surface area contributed by atoms with Crippen LogP contribution in [0.5, 0.6) is 0 Å². The average molecular weight is 522 g/mol. The summed E-state index contributed by atoms with van der Waals surface area (Å²) in [6.07, 6.45) is 1.43. The molecule has 0 aromatic heterocycles. The van der Waals surface area contributed by atoms with E-state index in [-0.39, 0.29) is 18.7 Å². The lowest BCUT2D eigenvalue weighted by molar-refractivity contribution is -0.194. The van der Waals surface area contributed by atoms with Crippen molar-refractivity contribution in [2.45, 2.75) is 75.5 Å². The summed E-state index contributed by atoms with van der Waals surface area (Å²) in [4.78, 5) is 40.3. The van der Waals surface area contributed by atoms with E-state index < -0.39 is 60.2 Å². The number of nitrogens with one attached hydrogen (secondary N) is 3. The van der Waals surface area contributed by atoms with Crippen molar-refractivity contribution in [3.8, 4) is 6.07 Å². The molecule has 194 valence electrons. The van der Waals surface area contributed by atoms with Gasteiger partial charge in [0, 0.05) is 35.6 Å². The van der Waals surface area contributed by atoms with Crippen LogP contribution in [-0.2, 0) is 14.4 Å². The monoisotopic (exact) mass is 521 g/mol. The van der Waals surface area contributed by atoms with Crippen LogP contribution in [0.2, 0.25) is 5.02 Å². The Morgan fingerprint density at radius 1 is 1.33 bits per heavy atom. The first-order valence-corrected chi connectivity index (χ1v) is 12.7. The van der Waals surface area contributed by atoms with Crippen LogP contribution in [0.25, 0.3) is 0 Å². The minimum atomic E-state index is -3.10. The molecule has 3 heterocycles. The molecule has 1 saturated carbocycles. The summed E-state index contributed by atoms with van der Waals surface area (Å²) in [5.74, 6) is -6.32. The van der Waals surface area contributed by atoms with E-state index in [1.54, 1.807) is 31.2 Å². The Bertz CT molecular complexity index is 1060. The van der Waals surface area contributed by atoms with E-state index in [0.29, 0.717) is 30.1 Å². The summed E-state index contributed by atoms with van der Waals surface area (Å²) in [5.41, 5.74) is 0.590. The van der Waals surface area contributed by atoms with E-state index in [1.807, 2.05) is 6.07 Å². The van der Waals surface area contributed by atoms with Gasteiger partial charge in [-0.1, -0.05) is 17.7 Å². The molecule has 3 saturated heterocycles. The molecule has 4 aliphatic rings. The van der Waals surface area contributed by atoms with Crippen LogP contribution in [-0.4, -0.2) is 59.3 Å². The Morgan fingerprint density at radius 3 is 2.78 bits per heavy atom. The van der Waals surface area contributed by atoms with E-state index >= 15 is 0 Å². The van der Waals surface area contributed by atoms with Crippen molar-refractivity contribution in [1.82, 2.24) is 15.5 Å². The highest BCUT2D eigenvalue weighted by atomic mass is 35.5. The highest BCUT2D eigenvalue weighted by Gasteiger charge is 2.60. The van der Waals surface area contributed by atoms with Crippen LogP contribution in [0.4, 0.5) is 14.5 Å². The number of nitrogens with zero attached hydrogens (tertiary/aromatic N) is 2. The summed E-state index contributed by atoms with van der Waals surface area (Å²) in [5, 5.41) is 18.4. The van der Waals surface area contributed by atoms with Gasteiger partial charge in [-0.3, -0.25) is 14.4 Å². The molecule has 3 N–H and O–H groups in total. The van der Waals surface area contributed by atoms with Crippen LogP contribution < -0.4 is 16.0 Å². The standard InChI is InChI=1S/C25H30ClF2N5O3/c1-14(31-17-6-2-5-16(26)11-17)24(36)33-19-7-8-20(25(27,28)12-19)21(33)23(35)32-18(13-29)10-15-4-3-9-30-22(15)34/h2,5-6,11,14-15,18-21,31H,3-4,7-10,12H2,1H3,(H,30,34)(H,32,35)/t14-,15-,18-,19+,20+,21+/m0/s1. The number of amides is 3. The molecule has 6 atom stereocenters. The van der Waals surface area contributed by atoms with Gasteiger partial charge in [0.25, 0.3) is 5.92 Å². The highest BCUT2D eigenvalue weighted by Crippen LogP contribution is 2.49. The molecule has 0 unspecified atom stereocenters. The maximum absolute atomic E-state index is 14.9. The molecule has 4 fully saturated rings. The van der Waals surface area contributed by atoms with Crippen LogP contribution >= 0.6 is 11.6 Å². The third-order valence-corrected chi connectivity index (χ3v) is 7.66. The van der Waals surface area contributed by atoms with E-state index in [0.717, 1.165) is 6.42 Å². The molecule has 0 radical (unpaired) electrons. The number of hydrogen-bond donors (Lipinski definition) is 3. The van der Waals surface area contributed by atoms with Crippen LogP contribution in [0.3, 0.4) is 0 Å². The molecule has 2 bridgehead atoms. The molecule has 3 aliphatic heterocycles. The molecule has 1 aromatic carbocycles. The number of halogens is 3. The third-order valence-electron chi connectivity index (χ3n) is 7.43. The lowest BCUT2D eigenvalue weighted by Gasteiger charge is -2.54. The number of hydrogen-bond acceptors (Lipinski definition) is 5. The second-order valence-electron chi connectivity index (χ2n) is 9.93. The fourth-order valence-electron chi connectivity index (χ4n) is 5.68. The highest BCUT2D eigenvalue weighted by molar-refractivity contribution is 6.30. The number of piperidine rings is 3. The Hall–Kier alpha value is -2.93. The van der Waals surface area contributed by atoms with Crippen molar-refractivity contribution in [1.29, 1.82) is 5.26 Å². The molecule has 8 nitrogen and oxygen atoms in total. The minimum Gasteiger partial charge on any atom is -0.374 e. The van der Waals surface area contributed by atoms with Crippen molar-refractivity contribution in [3.63, 3.8) is 0 Å². The minimum absolute atomic E-state index is 0.0892. The number of fused-ring (bicyclic) bond motifs is 3. The molecule has 0 spiro atoms. The largest absolute Gasteiger partial charge is 0.374 e. The first-order chi connectivity index (χ1) is 17.1. The van der Waals surface area contributed by atoms with Crippen molar-refractivity contribution < 1.29 is 23.2 Å². The average Bonchev–Trinajstić information content (AvgIpc) is 2.83. The van der Waals surface area contributed by atoms with Gasteiger partial charge in [-0.15, -0.1) is 0 Å². The van der Waals surface area contributed by atoms with Crippen molar-refractivity contribution in [2.24, 2.45) is 11.8 Å². The molecule has 11 heteroatoms. The van der Waals surface area contributed by atoms with E-state index in [2.05, 4.69) is 16.0 Å². The van der Waals surface area contributed by atoms with E-state index in [4.69, 9.17) is 11.6 Å². The molecule has 36 heavy (non-hydrogen) atoms. The molecular formula is C25H30ClF2N5O3. The zero-order chi connectivity index (χ0) is 26.0. The third kappa shape index (κ3) is 5.41. The van der Waals surface area contributed by atoms with E-state index in [1.165, 1.54) is 4.90 Å². The molecular weight excluding hydrogens is 492 g/mol. The van der Waals surface area contributed by atoms with Crippen molar-refractivity contribution >= 4 is 35.0 Å². The van der Waals surface area contributed by atoms with Gasteiger partial charge in [-0.05, 0) is 57.2 Å². The molecule has 1 aliphatic carbocycles. The molecule has 3 amide bonds. The summed E-state index contributed by atoms with van der Waals surface area (Å²) in [6.45, 7) is 2.18. The summed E-state index contributed by atoms with van der Waals surface area (Å²) >= 11 is 6.02. The first kappa shape index (κ1) is 26.1. The van der Waals surface area contributed by atoms with Crippen LogP contribution in [0.1, 0.15) is 45.4 Å². The lowest BCUT2D eigenvalue weighted by atomic mass is 9.71. The second kappa shape index (κ2) is 10.6. The SMILES string of the molecule is C[C@H](Nc1cccc(Cl)c1)C(=O)N1[C@@H]2CC[C@H]([C@@H]1C(=O)N[C@H](C#N)C[C@@H]1CCCNC1=O)C(F)(F)C2. The zero-order valence-electron chi connectivity index (χ0n) is 20.0. The van der Waals surface area contributed by atoms with Gasteiger partial charge in [0.1, 0.15) is 18.1 Å². The lowest BCUT2D eigenvalue weighted by Crippen LogP contribution is -2.70. The van der Waals surface area contributed by atoms with Gasteiger partial charge < -0.3 is 20.9 Å². The zero-order valence-corrected chi connectivity index (χ0v) is 20.7. The van der Waals surface area contributed by atoms with Crippen molar-refractivity contribution in [2.75, 3.05) is 11.9 Å².